The van der Waals surface area contributed by atoms with Crippen LogP contribution in [-0.2, 0) is 24.4 Å². The number of aromatic amines is 1. The monoisotopic (exact) mass is 502 g/mol. The Morgan fingerprint density at radius 1 is 1.03 bits per heavy atom. The standard InChI is InChI=1S/C30H34N2O5/c1-3-25(14-21-9-11-26-23(13-21)16-27(32-26)30(35)36-2)31-17-28(34)22-10-12-29(24(15-22)18-33)37-19-20-7-5-4-6-8-20/h4-13,15-16,25,28,31-34H,3,14,17-19H2,1-2H3/t25-,28+/m1/s1. The van der Waals surface area contributed by atoms with E-state index in [9.17, 15) is 15.0 Å². The van der Waals surface area contributed by atoms with Crippen molar-refractivity contribution in [2.45, 2.75) is 45.1 Å². The zero-order valence-corrected chi connectivity index (χ0v) is 21.2. The van der Waals surface area contributed by atoms with E-state index in [1.54, 1.807) is 18.2 Å². The van der Waals surface area contributed by atoms with E-state index in [1.807, 2.05) is 48.5 Å². The average molecular weight is 503 g/mol. The number of benzene rings is 3. The van der Waals surface area contributed by atoms with Crippen molar-refractivity contribution in [2.75, 3.05) is 13.7 Å². The summed E-state index contributed by atoms with van der Waals surface area (Å²) in [7, 11) is 1.37. The van der Waals surface area contributed by atoms with Gasteiger partial charge in [-0.2, -0.15) is 0 Å². The third-order valence-electron chi connectivity index (χ3n) is 6.54. The molecule has 0 saturated carbocycles. The van der Waals surface area contributed by atoms with Crippen molar-refractivity contribution in [3.8, 4) is 5.75 Å². The van der Waals surface area contributed by atoms with Gasteiger partial charge in [0.1, 0.15) is 18.1 Å². The largest absolute Gasteiger partial charge is 0.489 e. The van der Waals surface area contributed by atoms with Crippen LogP contribution in [0.5, 0.6) is 5.75 Å². The predicted molar refractivity (Wildman–Crippen MR) is 144 cm³/mol. The average Bonchev–Trinajstić information content (AvgIpc) is 3.37. The fourth-order valence-electron chi connectivity index (χ4n) is 4.38. The smallest absolute Gasteiger partial charge is 0.354 e. The zero-order valence-electron chi connectivity index (χ0n) is 21.2. The van der Waals surface area contributed by atoms with E-state index >= 15 is 0 Å². The number of ether oxygens (including phenoxy) is 2. The van der Waals surface area contributed by atoms with Crippen LogP contribution in [0.4, 0.5) is 0 Å². The fourth-order valence-corrected chi connectivity index (χ4v) is 4.38. The number of carbonyl (C=O) groups excluding carboxylic acids is 1. The normalized spacial score (nSPS) is 12.9. The molecule has 0 radical (unpaired) electrons. The Bertz CT molecular complexity index is 1320. The number of hydrogen-bond acceptors (Lipinski definition) is 6. The summed E-state index contributed by atoms with van der Waals surface area (Å²) in [5.74, 6) is 0.220. The fraction of sp³-hybridized carbons (Fsp3) is 0.300. The molecule has 0 amide bonds. The Morgan fingerprint density at radius 3 is 2.57 bits per heavy atom. The molecular weight excluding hydrogens is 468 g/mol. The van der Waals surface area contributed by atoms with E-state index in [2.05, 4.69) is 23.3 Å². The summed E-state index contributed by atoms with van der Waals surface area (Å²) >= 11 is 0. The molecule has 37 heavy (non-hydrogen) atoms. The molecular formula is C30H34N2O5. The summed E-state index contributed by atoms with van der Waals surface area (Å²) in [6.07, 6.45) is 0.947. The second kappa shape index (κ2) is 12.5. The number of aromatic nitrogens is 1. The minimum absolute atomic E-state index is 0.164. The van der Waals surface area contributed by atoms with E-state index in [0.29, 0.717) is 30.2 Å². The van der Waals surface area contributed by atoms with Crippen LogP contribution in [0.15, 0.2) is 72.8 Å². The van der Waals surface area contributed by atoms with Gasteiger partial charge < -0.3 is 30.0 Å². The van der Waals surface area contributed by atoms with Crippen LogP contribution in [0.1, 0.15) is 52.2 Å². The highest BCUT2D eigenvalue weighted by Gasteiger charge is 2.15. The highest BCUT2D eigenvalue weighted by molar-refractivity contribution is 5.94. The summed E-state index contributed by atoms with van der Waals surface area (Å²) in [4.78, 5) is 14.9. The first-order chi connectivity index (χ1) is 18.0. The second-order valence-corrected chi connectivity index (χ2v) is 9.13. The molecule has 1 heterocycles. The molecule has 4 rings (SSSR count). The van der Waals surface area contributed by atoms with Gasteiger partial charge in [0.05, 0.1) is 19.8 Å². The van der Waals surface area contributed by atoms with Gasteiger partial charge in [-0.15, -0.1) is 0 Å². The Balaban J connectivity index is 1.35. The molecule has 7 nitrogen and oxygen atoms in total. The Morgan fingerprint density at radius 2 is 1.84 bits per heavy atom. The van der Waals surface area contributed by atoms with Gasteiger partial charge in [-0.1, -0.05) is 49.4 Å². The molecule has 2 atom stereocenters. The van der Waals surface area contributed by atoms with Crippen molar-refractivity contribution in [3.05, 3.63) is 101 Å². The molecule has 0 bridgehead atoms. The van der Waals surface area contributed by atoms with Gasteiger partial charge in [0.15, 0.2) is 0 Å². The van der Waals surface area contributed by atoms with Gasteiger partial charge in [-0.25, -0.2) is 4.79 Å². The number of nitrogens with one attached hydrogen (secondary N) is 2. The molecule has 0 aliphatic carbocycles. The highest BCUT2D eigenvalue weighted by Crippen LogP contribution is 2.25. The molecule has 7 heteroatoms. The van der Waals surface area contributed by atoms with Gasteiger partial charge in [0.2, 0.25) is 0 Å². The number of aliphatic hydroxyl groups is 2. The molecule has 1 aromatic heterocycles. The van der Waals surface area contributed by atoms with Gasteiger partial charge in [0.25, 0.3) is 0 Å². The quantitative estimate of drug-likeness (QED) is 0.210. The third kappa shape index (κ3) is 6.77. The predicted octanol–water partition coefficient (Wildman–Crippen LogP) is 4.67. The number of fused-ring (bicyclic) bond motifs is 1. The van der Waals surface area contributed by atoms with Crippen molar-refractivity contribution in [3.63, 3.8) is 0 Å². The minimum Gasteiger partial charge on any atom is -0.489 e. The molecule has 4 N–H and O–H groups in total. The van der Waals surface area contributed by atoms with Crippen LogP contribution in [0.25, 0.3) is 10.9 Å². The number of hydrogen-bond donors (Lipinski definition) is 4. The molecule has 0 aliphatic heterocycles. The number of esters is 1. The maximum Gasteiger partial charge on any atom is 0.354 e. The van der Waals surface area contributed by atoms with Crippen molar-refractivity contribution < 1.29 is 24.5 Å². The second-order valence-electron chi connectivity index (χ2n) is 9.13. The van der Waals surface area contributed by atoms with Gasteiger partial charge in [-0.3, -0.25) is 0 Å². The molecule has 0 spiro atoms. The molecule has 3 aromatic carbocycles. The Hall–Kier alpha value is -3.65. The first kappa shape index (κ1) is 26.4. The van der Waals surface area contributed by atoms with E-state index in [1.165, 1.54) is 7.11 Å². The maximum atomic E-state index is 11.8. The zero-order chi connectivity index (χ0) is 26.2. The Kier molecular flexibility index (Phi) is 8.95. The van der Waals surface area contributed by atoms with Crippen molar-refractivity contribution in [1.82, 2.24) is 10.3 Å². The number of carbonyl (C=O) groups is 1. The topological polar surface area (TPSA) is 104 Å². The van der Waals surface area contributed by atoms with Crippen LogP contribution in [-0.4, -0.2) is 40.9 Å². The minimum atomic E-state index is -0.725. The van der Waals surface area contributed by atoms with Crippen molar-refractivity contribution in [1.29, 1.82) is 0 Å². The lowest BCUT2D eigenvalue weighted by molar-refractivity contribution is 0.0595. The van der Waals surface area contributed by atoms with Crippen LogP contribution in [0.2, 0.25) is 0 Å². The van der Waals surface area contributed by atoms with Crippen LogP contribution >= 0.6 is 0 Å². The number of methoxy groups -OCH3 is 1. The molecule has 194 valence electrons. The molecule has 4 aromatic rings. The summed E-state index contributed by atoms with van der Waals surface area (Å²) in [6, 6.07) is 23.3. The molecule has 0 unspecified atom stereocenters. The lowest BCUT2D eigenvalue weighted by Gasteiger charge is -2.21. The van der Waals surface area contributed by atoms with Crippen LogP contribution in [0, 0.1) is 0 Å². The maximum absolute atomic E-state index is 11.8. The highest BCUT2D eigenvalue weighted by atomic mass is 16.5. The van der Waals surface area contributed by atoms with E-state index in [0.717, 1.165) is 40.4 Å². The first-order valence-corrected chi connectivity index (χ1v) is 12.5. The van der Waals surface area contributed by atoms with Gasteiger partial charge in [-0.05, 0) is 59.9 Å². The van der Waals surface area contributed by atoms with E-state index in [-0.39, 0.29) is 18.6 Å². The molecule has 0 aliphatic rings. The van der Waals surface area contributed by atoms with E-state index in [4.69, 9.17) is 9.47 Å². The SMILES string of the molecule is CC[C@H](Cc1ccc2[nH]c(C(=O)OC)cc2c1)NC[C@H](O)c1ccc(OCc2ccccc2)c(CO)c1. The Labute approximate surface area is 217 Å². The summed E-state index contributed by atoms with van der Waals surface area (Å²) in [5, 5.41) is 25.1. The summed E-state index contributed by atoms with van der Waals surface area (Å²) in [6.45, 7) is 2.73. The first-order valence-electron chi connectivity index (χ1n) is 12.5. The summed E-state index contributed by atoms with van der Waals surface area (Å²) < 4.78 is 10.7. The van der Waals surface area contributed by atoms with Crippen LogP contribution in [0.3, 0.4) is 0 Å². The lowest BCUT2D eigenvalue weighted by atomic mass is 10.0. The van der Waals surface area contributed by atoms with E-state index < -0.39 is 6.10 Å². The van der Waals surface area contributed by atoms with Gasteiger partial charge in [0, 0.05) is 29.1 Å². The molecule has 0 saturated heterocycles. The molecule has 0 fully saturated rings. The number of H-pyrrole nitrogens is 1. The lowest BCUT2D eigenvalue weighted by Crippen LogP contribution is -2.34. The van der Waals surface area contributed by atoms with Crippen LogP contribution < -0.4 is 10.1 Å². The number of rotatable bonds is 12. The van der Waals surface area contributed by atoms with Gasteiger partial charge >= 0.3 is 5.97 Å². The summed E-state index contributed by atoms with van der Waals surface area (Å²) in [5.41, 5.74) is 4.87. The third-order valence-corrected chi connectivity index (χ3v) is 6.54. The van der Waals surface area contributed by atoms with Crippen molar-refractivity contribution >= 4 is 16.9 Å². The number of aliphatic hydroxyl groups excluding tert-OH is 2. The van der Waals surface area contributed by atoms with Crippen molar-refractivity contribution in [2.24, 2.45) is 0 Å².